The van der Waals surface area contributed by atoms with Crippen LogP contribution in [-0.2, 0) is 15.0 Å². The molecule has 2 amide bonds. The van der Waals surface area contributed by atoms with E-state index in [-0.39, 0.29) is 23.1 Å². The van der Waals surface area contributed by atoms with Crippen molar-refractivity contribution in [2.45, 2.75) is 31.1 Å². The van der Waals surface area contributed by atoms with Gasteiger partial charge in [-0.2, -0.15) is 0 Å². The van der Waals surface area contributed by atoms with Gasteiger partial charge >= 0.3 is 0 Å². The standard InChI is InChI=1S/C21H21BrClN3O2/c22-16-3-1-2-15(12-16)21(8-9-21)20(28)26-10-6-14(7-11-26)19(27)25-18-5-4-17(23)13-24-18/h1-5,12-14H,6-11H2,(H,24,25,27). The van der Waals surface area contributed by atoms with Crippen LogP contribution in [-0.4, -0.2) is 34.8 Å². The Hall–Kier alpha value is -1.92. The molecular formula is C21H21BrClN3O2. The average molecular weight is 463 g/mol. The third-order valence-electron chi connectivity index (χ3n) is 5.67. The quantitative estimate of drug-likeness (QED) is 0.732. The maximum Gasteiger partial charge on any atom is 0.233 e. The predicted molar refractivity (Wildman–Crippen MR) is 112 cm³/mol. The van der Waals surface area contributed by atoms with E-state index >= 15 is 0 Å². The van der Waals surface area contributed by atoms with Gasteiger partial charge in [0.2, 0.25) is 11.8 Å². The second kappa shape index (κ2) is 7.84. The van der Waals surface area contributed by atoms with E-state index in [1.807, 2.05) is 29.2 Å². The van der Waals surface area contributed by atoms with Gasteiger partial charge in [-0.15, -0.1) is 0 Å². The third kappa shape index (κ3) is 3.94. The van der Waals surface area contributed by atoms with Gasteiger partial charge in [0.25, 0.3) is 0 Å². The summed E-state index contributed by atoms with van der Waals surface area (Å²) in [6.07, 6.45) is 4.63. The molecule has 2 fully saturated rings. The van der Waals surface area contributed by atoms with Crippen molar-refractivity contribution in [2.75, 3.05) is 18.4 Å². The number of aromatic nitrogens is 1. The van der Waals surface area contributed by atoms with Crippen LogP contribution in [0.4, 0.5) is 5.82 Å². The van der Waals surface area contributed by atoms with Crippen molar-refractivity contribution >= 4 is 45.2 Å². The first-order valence-electron chi connectivity index (χ1n) is 9.46. The van der Waals surface area contributed by atoms with Gasteiger partial charge in [-0.25, -0.2) is 4.98 Å². The second-order valence-corrected chi connectivity index (χ2v) is 8.86. The van der Waals surface area contributed by atoms with Gasteiger partial charge in [-0.1, -0.05) is 39.7 Å². The molecule has 4 rings (SSSR count). The number of carbonyl (C=O) groups excluding carboxylic acids is 2. The molecule has 1 aromatic heterocycles. The zero-order valence-electron chi connectivity index (χ0n) is 15.3. The van der Waals surface area contributed by atoms with Crippen molar-refractivity contribution in [3.05, 3.63) is 57.7 Å². The first-order valence-corrected chi connectivity index (χ1v) is 10.6. The van der Waals surface area contributed by atoms with Crippen molar-refractivity contribution in [3.63, 3.8) is 0 Å². The largest absolute Gasteiger partial charge is 0.342 e. The molecule has 5 nitrogen and oxygen atoms in total. The summed E-state index contributed by atoms with van der Waals surface area (Å²) in [5, 5.41) is 3.37. The molecule has 146 valence electrons. The molecule has 1 N–H and O–H groups in total. The van der Waals surface area contributed by atoms with Gasteiger partial charge in [0.15, 0.2) is 0 Å². The molecule has 0 radical (unpaired) electrons. The Labute approximate surface area is 177 Å². The van der Waals surface area contributed by atoms with Crippen LogP contribution < -0.4 is 5.32 Å². The molecule has 1 aliphatic heterocycles. The molecule has 1 aliphatic carbocycles. The average Bonchev–Trinajstić information content (AvgIpc) is 3.51. The van der Waals surface area contributed by atoms with Crippen LogP contribution in [0.5, 0.6) is 0 Å². The van der Waals surface area contributed by atoms with Crippen LogP contribution in [0.3, 0.4) is 0 Å². The van der Waals surface area contributed by atoms with E-state index in [1.54, 1.807) is 12.1 Å². The fourth-order valence-electron chi connectivity index (χ4n) is 3.86. The van der Waals surface area contributed by atoms with Gasteiger partial charge < -0.3 is 10.2 Å². The highest BCUT2D eigenvalue weighted by Gasteiger charge is 2.53. The highest BCUT2D eigenvalue weighted by atomic mass is 79.9. The lowest BCUT2D eigenvalue weighted by atomic mass is 9.91. The molecule has 0 bridgehead atoms. The number of benzene rings is 1. The lowest BCUT2D eigenvalue weighted by Crippen LogP contribution is -2.45. The van der Waals surface area contributed by atoms with E-state index in [1.165, 1.54) is 6.20 Å². The number of hydrogen-bond acceptors (Lipinski definition) is 3. The minimum absolute atomic E-state index is 0.0463. The summed E-state index contributed by atoms with van der Waals surface area (Å²) >= 11 is 9.32. The number of amides is 2. The Balaban J connectivity index is 1.35. The lowest BCUT2D eigenvalue weighted by Gasteiger charge is -2.34. The van der Waals surface area contributed by atoms with E-state index in [0.717, 1.165) is 22.9 Å². The molecular weight excluding hydrogens is 442 g/mol. The van der Waals surface area contributed by atoms with Gasteiger partial charge in [0.05, 0.1) is 10.4 Å². The summed E-state index contributed by atoms with van der Waals surface area (Å²) < 4.78 is 0.996. The van der Waals surface area contributed by atoms with Crippen LogP contribution >= 0.6 is 27.5 Å². The maximum atomic E-state index is 13.2. The number of nitrogens with zero attached hydrogens (tertiary/aromatic N) is 2. The number of nitrogens with one attached hydrogen (secondary N) is 1. The van der Waals surface area contributed by atoms with Crippen LogP contribution in [0.2, 0.25) is 5.02 Å². The van der Waals surface area contributed by atoms with E-state index in [9.17, 15) is 9.59 Å². The Morgan fingerprint density at radius 1 is 1.18 bits per heavy atom. The third-order valence-corrected chi connectivity index (χ3v) is 6.39. The minimum atomic E-state index is -0.369. The Morgan fingerprint density at radius 3 is 2.54 bits per heavy atom. The first-order chi connectivity index (χ1) is 13.5. The molecule has 0 atom stereocenters. The predicted octanol–water partition coefficient (Wildman–Crippen LogP) is 4.41. The van der Waals surface area contributed by atoms with Crippen molar-refractivity contribution in [1.82, 2.24) is 9.88 Å². The van der Waals surface area contributed by atoms with Gasteiger partial charge in [0.1, 0.15) is 5.82 Å². The number of rotatable bonds is 4. The lowest BCUT2D eigenvalue weighted by molar-refractivity contribution is -0.137. The monoisotopic (exact) mass is 461 g/mol. The number of carbonyl (C=O) groups is 2. The van der Waals surface area contributed by atoms with Gasteiger partial charge in [0, 0.05) is 29.7 Å². The van der Waals surface area contributed by atoms with Crippen LogP contribution in [0.15, 0.2) is 47.1 Å². The van der Waals surface area contributed by atoms with E-state index in [0.29, 0.717) is 36.8 Å². The van der Waals surface area contributed by atoms with Crippen LogP contribution in [0.25, 0.3) is 0 Å². The van der Waals surface area contributed by atoms with Gasteiger partial charge in [-0.05, 0) is 55.5 Å². The van der Waals surface area contributed by atoms with Crippen molar-refractivity contribution in [2.24, 2.45) is 5.92 Å². The molecule has 0 spiro atoms. The summed E-state index contributed by atoms with van der Waals surface area (Å²) in [5.74, 6) is 0.543. The summed E-state index contributed by atoms with van der Waals surface area (Å²) in [4.78, 5) is 31.7. The molecule has 1 aromatic carbocycles. The molecule has 2 aromatic rings. The highest BCUT2D eigenvalue weighted by Crippen LogP contribution is 2.50. The molecule has 7 heteroatoms. The fraction of sp³-hybridized carbons (Fsp3) is 0.381. The van der Waals surface area contributed by atoms with Crippen molar-refractivity contribution in [3.8, 4) is 0 Å². The van der Waals surface area contributed by atoms with Crippen molar-refractivity contribution < 1.29 is 9.59 Å². The molecule has 1 saturated heterocycles. The Kier molecular flexibility index (Phi) is 5.43. The number of anilines is 1. The van der Waals surface area contributed by atoms with E-state index in [4.69, 9.17) is 11.6 Å². The molecule has 1 saturated carbocycles. The normalized spacial score (nSPS) is 18.6. The van der Waals surface area contributed by atoms with Gasteiger partial charge in [-0.3, -0.25) is 9.59 Å². The Bertz CT molecular complexity index is 891. The van der Waals surface area contributed by atoms with Crippen LogP contribution in [0.1, 0.15) is 31.2 Å². The minimum Gasteiger partial charge on any atom is -0.342 e. The summed E-state index contributed by atoms with van der Waals surface area (Å²) in [6.45, 7) is 1.22. The molecule has 2 aliphatic rings. The second-order valence-electron chi connectivity index (χ2n) is 7.51. The molecule has 0 unspecified atom stereocenters. The molecule has 28 heavy (non-hydrogen) atoms. The van der Waals surface area contributed by atoms with Crippen LogP contribution in [0, 0.1) is 5.92 Å². The smallest absolute Gasteiger partial charge is 0.233 e. The first kappa shape index (κ1) is 19.4. The number of hydrogen-bond donors (Lipinski definition) is 1. The summed E-state index contributed by atoms with van der Waals surface area (Å²) in [7, 11) is 0. The number of halogens is 2. The topological polar surface area (TPSA) is 62.3 Å². The number of likely N-dealkylation sites (tertiary alicyclic amines) is 1. The number of pyridine rings is 1. The fourth-order valence-corrected chi connectivity index (χ4v) is 4.37. The number of piperidine rings is 1. The zero-order valence-corrected chi connectivity index (χ0v) is 17.7. The molecule has 2 heterocycles. The summed E-state index contributed by atoms with van der Waals surface area (Å²) in [5.41, 5.74) is 0.715. The van der Waals surface area contributed by atoms with Crippen molar-refractivity contribution in [1.29, 1.82) is 0 Å². The van der Waals surface area contributed by atoms with E-state index < -0.39 is 0 Å². The Morgan fingerprint density at radius 2 is 1.93 bits per heavy atom. The zero-order chi connectivity index (χ0) is 19.7. The maximum absolute atomic E-state index is 13.2. The van der Waals surface area contributed by atoms with E-state index in [2.05, 4.69) is 26.2 Å². The SMILES string of the molecule is O=C(Nc1ccc(Cl)cn1)C1CCN(C(=O)C2(c3cccc(Br)c3)CC2)CC1. The highest BCUT2D eigenvalue weighted by molar-refractivity contribution is 9.10. The summed E-state index contributed by atoms with van der Waals surface area (Å²) in [6, 6.07) is 11.4.